The van der Waals surface area contributed by atoms with Crippen LogP contribution in [0.1, 0.15) is 181 Å². The van der Waals surface area contributed by atoms with Crippen molar-refractivity contribution in [3.63, 3.8) is 0 Å². The van der Waals surface area contributed by atoms with Crippen LogP contribution >= 0.6 is 7.82 Å². The Morgan fingerprint density at radius 1 is 0.508 bits per heavy atom. The van der Waals surface area contributed by atoms with Crippen LogP contribution in [0.15, 0.2) is 48.6 Å². The molecule has 14 heteroatoms. The summed E-state index contributed by atoms with van der Waals surface area (Å²) in [6.07, 6.45) is 30.3. The number of esters is 2. The summed E-state index contributed by atoms with van der Waals surface area (Å²) in [4.78, 5) is 35.7. The van der Waals surface area contributed by atoms with Crippen molar-refractivity contribution in [1.82, 2.24) is 0 Å². The molecule has 0 aromatic heterocycles. The van der Waals surface area contributed by atoms with Gasteiger partial charge in [-0.2, -0.15) is 0 Å². The van der Waals surface area contributed by atoms with Gasteiger partial charge in [-0.25, -0.2) is 4.57 Å². The van der Waals surface area contributed by atoms with Crippen molar-refractivity contribution >= 4 is 19.8 Å². The Hall–Kier alpha value is -2.19. The van der Waals surface area contributed by atoms with Gasteiger partial charge < -0.3 is 39.9 Å². The Morgan fingerprint density at radius 3 is 1.39 bits per heavy atom. The molecule has 0 spiro atoms. The summed E-state index contributed by atoms with van der Waals surface area (Å²) in [7, 11) is -5.13. The summed E-state index contributed by atoms with van der Waals surface area (Å²) in [5, 5.41) is 50.1. The second-order valence-electron chi connectivity index (χ2n) is 16.3. The Labute approximate surface area is 367 Å². The van der Waals surface area contributed by atoms with Gasteiger partial charge in [-0.1, -0.05) is 165 Å². The van der Waals surface area contributed by atoms with E-state index in [9.17, 15) is 44.6 Å². The Kier molecular flexibility index (Phi) is 34.7. The number of allylic oxidation sites excluding steroid dienone is 8. The van der Waals surface area contributed by atoms with Crippen LogP contribution < -0.4 is 0 Å². The zero-order chi connectivity index (χ0) is 45.0. The van der Waals surface area contributed by atoms with Gasteiger partial charge in [0.1, 0.15) is 43.2 Å². The molecule has 13 nitrogen and oxygen atoms in total. The Morgan fingerprint density at radius 2 is 0.902 bits per heavy atom. The molecule has 354 valence electrons. The maximum absolute atomic E-state index is 12.8. The van der Waals surface area contributed by atoms with Crippen LogP contribution in [0.25, 0.3) is 0 Å². The van der Waals surface area contributed by atoms with E-state index in [0.29, 0.717) is 19.3 Å². The molecule has 61 heavy (non-hydrogen) atoms. The van der Waals surface area contributed by atoms with Crippen molar-refractivity contribution in [2.24, 2.45) is 0 Å². The van der Waals surface area contributed by atoms with Crippen molar-refractivity contribution in [3.05, 3.63) is 48.6 Å². The molecule has 0 radical (unpaired) electrons. The predicted octanol–water partition coefficient (Wildman–Crippen LogP) is 9.17. The van der Waals surface area contributed by atoms with Gasteiger partial charge >= 0.3 is 19.8 Å². The molecule has 1 rings (SSSR count). The number of aliphatic hydroxyl groups excluding tert-OH is 5. The molecule has 0 aliphatic heterocycles. The van der Waals surface area contributed by atoms with Gasteiger partial charge in [-0.05, 0) is 51.4 Å². The first-order chi connectivity index (χ1) is 29.4. The predicted molar refractivity (Wildman–Crippen MR) is 239 cm³/mol. The SMILES string of the molecule is CCCCC/C=C\C/C=C\C/C=C\C/C=C\CCCC(=O)O[C@H](COC(=O)CCCCCCCCCCCCCCCCC)COP(=O)(O)OC1[C@H](O)[C@H](O)C(O)[C@H](O)[C@H]1O. The molecule has 0 aromatic rings. The minimum absolute atomic E-state index is 0.0213. The number of hydrogen-bond donors (Lipinski definition) is 6. The number of phosphoric ester groups is 1. The van der Waals surface area contributed by atoms with Crippen LogP contribution in [-0.2, 0) is 32.7 Å². The molecule has 0 heterocycles. The summed E-state index contributed by atoms with van der Waals surface area (Å²) < 4.78 is 33.5. The highest BCUT2D eigenvalue weighted by molar-refractivity contribution is 7.47. The second kappa shape index (κ2) is 37.2. The molecule has 1 aliphatic carbocycles. The highest BCUT2D eigenvalue weighted by Crippen LogP contribution is 2.47. The van der Waals surface area contributed by atoms with E-state index in [-0.39, 0.29) is 12.8 Å². The van der Waals surface area contributed by atoms with E-state index in [0.717, 1.165) is 44.9 Å². The van der Waals surface area contributed by atoms with E-state index in [1.54, 1.807) is 0 Å². The molecule has 3 unspecified atom stereocenters. The van der Waals surface area contributed by atoms with Crippen molar-refractivity contribution in [2.75, 3.05) is 13.2 Å². The summed E-state index contributed by atoms with van der Waals surface area (Å²) in [6.45, 7) is 3.23. The maximum Gasteiger partial charge on any atom is 0.472 e. The number of phosphoric acid groups is 1. The molecular formula is C47H83O13P. The van der Waals surface area contributed by atoms with Crippen molar-refractivity contribution in [1.29, 1.82) is 0 Å². The lowest BCUT2D eigenvalue weighted by Crippen LogP contribution is -2.64. The van der Waals surface area contributed by atoms with Crippen LogP contribution in [0.4, 0.5) is 0 Å². The van der Waals surface area contributed by atoms with E-state index in [4.69, 9.17) is 18.5 Å². The minimum Gasteiger partial charge on any atom is -0.462 e. The zero-order valence-electron chi connectivity index (χ0n) is 37.4. The first-order valence-corrected chi connectivity index (χ1v) is 24.9. The number of aliphatic hydroxyl groups is 5. The van der Waals surface area contributed by atoms with Gasteiger partial charge in [-0.15, -0.1) is 0 Å². The minimum atomic E-state index is -5.13. The van der Waals surface area contributed by atoms with Gasteiger partial charge in [0.05, 0.1) is 6.61 Å². The smallest absolute Gasteiger partial charge is 0.462 e. The molecule has 0 amide bonds. The van der Waals surface area contributed by atoms with Crippen LogP contribution in [0.3, 0.4) is 0 Å². The molecule has 1 saturated carbocycles. The van der Waals surface area contributed by atoms with E-state index in [1.807, 2.05) is 12.2 Å². The molecular weight excluding hydrogens is 803 g/mol. The van der Waals surface area contributed by atoms with Crippen molar-refractivity contribution in [2.45, 2.75) is 224 Å². The largest absolute Gasteiger partial charge is 0.472 e. The third-order valence-electron chi connectivity index (χ3n) is 10.7. The molecule has 0 saturated heterocycles. The third kappa shape index (κ3) is 29.7. The number of hydrogen-bond acceptors (Lipinski definition) is 12. The Bertz CT molecular complexity index is 1250. The standard InChI is InChI=1S/C47H83O13P/c1-3-5-7-9-11-13-15-17-19-20-22-24-26-28-30-32-34-36-41(49)59-39(38-58-61(55,56)60-47-45(53)43(51)42(50)44(52)46(47)54)37-57-40(48)35-33-31-29-27-25-23-21-18-16-14-12-10-8-6-4-2/h11,13,17,19,22,24,28,30,39,42-47,50-54H,3-10,12,14-16,18,20-21,23,25-27,29,31-38H2,1-2H3,(H,55,56)/b13-11-,19-17-,24-22-,30-28-/t39-,42?,43-,44+,45-,46-,47?/m1/s1. The lowest BCUT2D eigenvalue weighted by molar-refractivity contribution is -0.220. The summed E-state index contributed by atoms with van der Waals surface area (Å²) in [5.41, 5.74) is 0. The highest BCUT2D eigenvalue weighted by atomic mass is 31.2. The third-order valence-corrected chi connectivity index (χ3v) is 11.7. The summed E-state index contributed by atoms with van der Waals surface area (Å²) in [6, 6.07) is 0. The van der Waals surface area contributed by atoms with Gasteiger partial charge in [0.25, 0.3) is 0 Å². The van der Waals surface area contributed by atoms with Gasteiger partial charge in [0, 0.05) is 12.8 Å². The van der Waals surface area contributed by atoms with Crippen LogP contribution in [0, 0.1) is 0 Å². The van der Waals surface area contributed by atoms with Gasteiger partial charge in [-0.3, -0.25) is 18.6 Å². The topological polar surface area (TPSA) is 210 Å². The van der Waals surface area contributed by atoms with Crippen LogP contribution in [0.2, 0.25) is 0 Å². The molecule has 6 N–H and O–H groups in total. The molecule has 0 bridgehead atoms. The number of rotatable bonds is 38. The van der Waals surface area contributed by atoms with Crippen molar-refractivity contribution in [3.8, 4) is 0 Å². The fourth-order valence-electron chi connectivity index (χ4n) is 6.87. The van der Waals surface area contributed by atoms with E-state index in [2.05, 4.69) is 50.3 Å². The zero-order valence-corrected chi connectivity index (χ0v) is 38.3. The second-order valence-corrected chi connectivity index (χ2v) is 17.7. The van der Waals surface area contributed by atoms with Crippen LogP contribution in [0.5, 0.6) is 0 Å². The van der Waals surface area contributed by atoms with Gasteiger partial charge in [0.2, 0.25) is 0 Å². The van der Waals surface area contributed by atoms with Crippen molar-refractivity contribution < 1.29 is 63.1 Å². The number of ether oxygens (including phenoxy) is 2. The highest BCUT2D eigenvalue weighted by Gasteiger charge is 2.51. The van der Waals surface area contributed by atoms with Gasteiger partial charge in [0.15, 0.2) is 6.10 Å². The van der Waals surface area contributed by atoms with E-state index in [1.165, 1.54) is 89.9 Å². The normalized spacial score (nSPS) is 22.4. The first kappa shape index (κ1) is 56.8. The fourth-order valence-corrected chi connectivity index (χ4v) is 7.84. The molecule has 8 atom stereocenters. The number of carbonyl (C=O) groups excluding carboxylic acids is 2. The van der Waals surface area contributed by atoms with E-state index < -0.39 is 75.7 Å². The average molecular weight is 887 g/mol. The lowest BCUT2D eigenvalue weighted by atomic mass is 9.85. The quantitative estimate of drug-likeness (QED) is 0.0148. The fraction of sp³-hybridized carbons (Fsp3) is 0.787. The summed E-state index contributed by atoms with van der Waals surface area (Å²) in [5.74, 6) is -1.16. The molecule has 1 fully saturated rings. The number of carbonyl (C=O) groups is 2. The Balaban J connectivity index is 2.50. The average Bonchev–Trinajstić information content (AvgIpc) is 3.24. The number of unbranched alkanes of at least 4 members (excludes halogenated alkanes) is 18. The lowest BCUT2D eigenvalue weighted by Gasteiger charge is -2.41. The molecule has 0 aromatic carbocycles. The van der Waals surface area contributed by atoms with E-state index >= 15 is 0 Å². The molecule has 1 aliphatic rings. The van der Waals surface area contributed by atoms with Crippen LogP contribution in [-0.4, -0.2) is 98.3 Å². The summed E-state index contributed by atoms with van der Waals surface area (Å²) >= 11 is 0. The monoisotopic (exact) mass is 887 g/mol. The first-order valence-electron chi connectivity index (χ1n) is 23.4. The maximum atomic E-state index is 12.8.